The molecule has 2 heterocycles. The van der Waals surface area contributed by atoms with Crippen molar-refractivity contribution in [3.05, 3.63) is 36.2 Å². The number of piperazine rings is 1. The maximum absolute atomic E-state index is 12.3. The summed E-state index contributed by atoms with van der Waals surface area (Å²) in [5.41, 5.74) is 6.29. The maximum Gasteiger partial charge on any atom is 0.410 e. The van der Waals surface area contributed by atoms with E-state index >= 15 is 0 Å². The van der Waals surface area contributed by atoms with Gasteiger partial charge in [-0.25, -0.2) is 4.79 Å². The smallest absolute Gasteiger partial charge is 0.410 e. The van der Waals surface area contributed by atoms with Crippen LogP contribution in [0.15, 0.2) is 30.3 Å². The Balaban J connectivity index is 1.64. The number of nitrogens with two attached hydrogens (primary N) is 1. The van der Waals surface area contributed by atoms with Crippen molar-refractivity contribution < 1.29 is 9.53 Å². The molecular weight excluding hydrogens is 370 g/mol. The third-order valence-electron chi connectivity index (χ3n) is 4.59. The van der Waals surface area contributed by atoms with Crippen molar-refractivity contribution in [2.75, 3.05) is 37.2 Å². The zero-order valence-corrected chi connectivity index (χ0v) is 17.4. The second-order valence-electron chi connectivity index (χ2n) is 8.05. The highest BCUT2D eigenvalue weighted by molar-refractivity contribution is 5.68. The Morgan fingerprint density at radius 2 is 1.76 bits per heavy atom. The van der Waals surface area contributed by atoms with Gasteiger partial charge in [0.05, 0.1) is 6.04 Å². The molecule has 9 heteroatoms. The standard InChI is InChI=1S/C20H29N7O2/c1-14(26-10-12-27(13-11-26)19(28)29-20(2,3)4)16-23-17(21)25-18(24-16)22-15-8-6-5-7-9-15/h5-9,14H,10-13H2,1-4H3,(H3,21,22,23,24,25)/t14-/m1/s1. The number of hydrogen-bond acceptors (Lipinski definition) is 8. The lowest BCUT2D eigenvalue weighted by atomic mass is 10.2. The largest absolute Gasteiger partial charge is 0.444 e. The molecule has 1 amide bonds. The summed E-state index contributed by atoms with van der Waals surface area (Å²) in [5, 5.41) is 3.16. The van der Waals surface area contributed by atoms with E-state index in [0.717, 1.165) is 5.69 Å². The average Bonchev–Trinajstić information content (AvgIpc) is 2.66. The maximum atomic E-state index is 12.3. The molecule has 2 aromatic rings. The van der Waals surface area contributed by atoms with E-state index < -0.39 is 5.60 Å². The van der Waals surface area contributed by atoms with Gasteiger partial charge in [0, 0.05) is 31.9 Å². The van der Waals surface area contributed by atoms with Crippen LogP contribution in [0.25, 0.3) is 0 Å². The number of carbonyl (C=O) groups is 1. The second kappa shape index (κ2) is 8.60. The number of nitrogens with zero attached hydrogens (tertiary/aromatic N) is 5. The van der Waals surface area contributed by atoms with E-state index in [4.69, 9.17) is 10.5 Å². The summed E-state index contributed by atoms with van der Waals surface area (Å²) in [6.45, 7) is 10.2. The molecule has 3 N–H and O–H groups in total. The Morgan fingerprint density at radius 1 is 1.10 bits per heavy atom. The molecule has 1 aromatic carbocycles. The van der Waals surface area contributed by atoms with Gasteiger partial charge in [0.1, 0.15) is 5.60 Å². The molecule has 0 aliphatic carbocycles. The minimum atomic E-state index is -0.494. The van der Waals surface area contributed by atoms with Gasteiger partial charge in [-0.1, -0.05) is 18.2 Å². The van der Waals surface area contributed by atoms with Crippen LogP contribution in [0.1, 0.15) is 39.6 Å². The quantitative estimate of drug-likeness (QED) is 0.808. The molecule has 3 rings (SSSR count). The van der Waals surface area contributed by atoms with Gasteiger partial charge in [0.15, 0.2) is 5.82 Å². The molecule has 0 unspecified atom stereocenters. The van der Waals surface area contributed by atoms with Gasteiger partial charge in [0.25, 0.3) is 0 Å². The van der Waals surface area contributed by atoms with Crippen LogP contribution in [0.3, 0.4) is 0 Å². The zero-order valence-electron chi connectivity index (χ0n) is 17.4. The van der Waals surface area contributed by atoms with Gasteiger partial charge in [-0.05, 0) is 39.8 Å². The molecule has 1 atom stereocenters. The second-order valence-corrected chi connectivity index (χ2v) is 8.05. The molecule has 1 aliphatic rings. The fourth-order valence-corrected chi connectivity index (χ4v) is 3.08. The molecule has 1 fully saturated rings. The van der Waals surface area contributed by atoms with Gasteiger partial charge < -0.3 is 20.7 Å². The van der Waals surface area contributed by atoms with E-state index in [9.17, 15) is 4.79 Å². The highest BCUT2D eigenvalue weighted by atomic mass is 16.6. The van der Waals surface area contributed by atoms with Crippen LogP contribution >= 0.6 is 0 Å². The normalized spacial score (nSPS) is 16.3. The van der Waals surface area contributed by atoms with Crippen LogP contribution in [0.2, 0.25) is 0 Å². The predicted octanol–water partition coefficient (Wildman–Crippen LogP) is 2.81. The van der Waals surface area contributed by atoms with E-state index in [1.807, 2.05) is 58.0 Å². The van der Waals surface area contributed by atoms with Crippen molar-refractivity contribution in [1.82, 2.24) is 24.8 Å². The van der Waals surface area contributed by atoms with Crippen molar-refractivity contribution in [1.29, 1.82) is 0 Å². The van der Waals surface area contributed by atoms with Crippen LogP contribution < -0.4 is 11.1 Å². The number of rotatable bonds is 4. The number of carbonyl (C=O) groups excluding carboxylic acids is 1. The fraction of sp³-hybridized carbons (Fsp3) is 0.500. The molecule has 0 spiro atoms. The van der Waals surface area contributed by atoms with Crippen molar-refractivity contribution in [3.63, 3.8) is 0 Å². The summed E-state index contributed by atoms with van der Waals surface area (Å²) >= 11 is 0. The summed E-state index contributed by atoms with van der Waals surface area (Å²) in [4.78, 5) is 29.3. The van der Waals surface area contributed by atoms with Crippen molar-refractivity contribution in [3.8, 4) is 0 Å². The third-order valence-corrected chi connectivity index (χ3v) is 4.59. The van der Waals surface area contributed by atoms with Gasteiger partial charge in [0.2, 0.25) is 11.9 Å². The number of amides is 1. The predicted molar refractivity (Wildman–Crippen MR) is 112 cm³/mol. The van der Waals surface area contributed by atoms with Crippen LogP contribution in [0.4, 0.5) is 22.4 Å². The Morgan fingerprint density at radius 3 is 2.38 bits per heavy atom. The molecule has 0 saturated carbocycles. The Bertz CT molecular complexity index is 830. The fourth-order valence-electron chi connectivity index (χ4n) is 3.08. The molecule has 1 aliphatic heterocycles. The van der Waals surface area contributed by atoms with E-state index in [2.05, 4.69) is 25.2 Å². The SMILES string of the molecule is C[C@H](c1nc(N)nc(Nc2ccccc2)n1)N1CCN(C(=O)OC(C)(C)C)CC1. The van der Waals surface area contributed by atoms with Crippen LogP contribution in [0, 0.1) is 0 Å². The first kappa shape index (κ1) is 20.8. The third kappa shape index (κ3) is 5.77. The van der Waals surface area contributed by atoms with Gasteiger partial charge >= 0.3 is 6.09 Å². The van der Waals surface area contributed by atoms with Gasteiger partial charge in [-0.3, -0.25) is 4.90 Å². The van der Waals surface area contributed by atoms with Crippen LogP contribution in [-0.4, -0.2) is 62.6 Å². The molecule has 29 heavy (non-hydrogen) atoms. The number of benzene rings is 1. The summed E-state index contributed by atoms with van der Waals surface area (Å²) in [6.07, 6.45) is -0.274. The highest BCUT2D eigenvalue weighted by Gasteiger charge is 2.29. The van der Waals surface area contributed by atoms with E-state index in [0.29, 0.717) is 38.0 Å². The first-order valence-electron chi connectivity index (χ1n) is 9.77. The Hall–Kier alpha value is -2.94. The summed E-state index contributed by atoms with van der Waals surface area (Å²) in [6, 6.07) is 9.61. The van der Waals surface area contributed by atoms with Crippen LogP contribution in [-0.2, 0) is 4.74 Å². The van der Waals surface area contributed by atoms with E-state index in [1.54, 1.807) is 4.90 Å². The highest BCUT2D eigenvalue weighted by Crippen LogP contribution is 2.22. The summed E-state index contributed by atoms with van der Waals surface area (Å²) in [7, 11) is 0. The summed E-state index contributed by atoms with van der Waals surface area (Å²) in [5.74, 6) is 1.19. The first-order chi connectivity index (χ1) is 13.7. The molecule has 0 bridgehead atoms. The lowest BCUT2D eigenvalue weighted by molar-refractivity contribution is 0.0107. The minimum Gasteiger partial charge on any atom is -0.444 e. The molecule has 1 saturated heterocycles. The topological polar surface area (TPSA) is 109 Å². The lowest BCUT2D eigenvalue weighted by Gasteiger charge is -2.37. The van der Waals surface area contributed by atoms with Crippen molar-refractivity contribution in [2.24, 2.45) is 0 Å². The number of para-hydroxylation sites is 1. The monoisotopic (exact) mass is 399 g/mol. The molecule has 9 nitrogen and oxygen atoms in total. The summed E-state index contributed by atoms with van der Waals surface area (Å²) < 4.78 is 5.46. The lowest BCUT2D eigenvalue weighted by Crippen LogP contribution is -2.50. The number of aromatic nitrogens is 3. The molecule has 0 radical (unpaired) electrons. The minimum absolute atomic E-state index is 0.0580. The van der Waals surface area contributed by atoms with Crippen molar-refractivity contribution in [2.45, 2.75) is 39.3 Å². The van der Waals surface area contributed by atoms with Gasteiger partial charge in [-0.2, -0.15) is 15.0 Å². The van der Waals surface area contributed by atoms with E-state index in [-0.39, 0.29) is 18.1 Å². The Labute approximate surface area is 171 Å². The zero-order chi connectivity index (χ0) is 21.0. The number of hydrogen-bond donors (Lipinski definition) is 2. The molecule has 1 aromatic heterocycles. The number of anilines is 3. The molecular formula is C20H29N7O2. The number of ether oxygens (including phenoxy) is 1. The van der Waals surface area contributed by atoms with Crippen LogP contribution in [0.5, 0.6) is 0 Å². The van der Waals surface area contributed by atoms with Crippen molar-refractivity contribution >= 4 is 23.7 Å². The van der Waals surface area contributed by atoms with E-state index in [1.165, 1.54) is 0 Å². The van der Waals surface area contributed by atoms with Gasteiger partial charge in [-0.15, -0.1) is 0 Å². The number of nitrogens with one attached hydrogen (secondary N) is 1. The molecule has 156 valence electrons. The number of nitrogen functional groups attached to an aromatic ring is 1. The Kier molecular flexibility index (Phi) is 6.17. The average molecular weight is 399 g/mol. The first-order valence-corrected chi connectivity index (χ1v) is 9.77.